The van der Waals surface area contributed by atoms with Crippen LogP contribution in [0, 0.1) is 0 Å². The highest BCUT2D eigenvalue weighted by Gasteiger charge is 2.12. The third-order valence-electron chi connectivity index (χ3n) is 3.27. The molecule has 3 heterocycles. The van der Waals surface area contributed by atoms with Gasteiger partial charge in [-0.2, -0.15) is 4.98 Å². The topological polar surface area (TPSA) is 115 Å². The van der Waals surface area contributed by atoms with Crippen molar-refractivity contribution in [1.29, 1.82) is 0 Å². The lowest BCUT2D eigenvalue weighted by atomic mass is 10.2. The van der Waals surface area contributed by atoms with Crippen molar-refractivity contribution in [3.8, 4) is 11.7 Å². The van der Waals surface area contributed by atoms with Gasteiger partial charge < -0.3 is 19.0 Å². The van der Waals surface area contributed by atoms with E-state index in [1.807, 2.05) is 6.07 Å². The summed E-state index contributed by atoms with van der Waals surface area (Å²) in [4.78, 5) is 20.2. The summed E-state index contributed by atoms with van der Waals surface area (Å²) in [5.74, 6) is 1.52. The quantitative estimate of drug-likeness (QED) is 0.676. The highest BCUT2D eigenvalue weighted by molar-refractivity contribution is 5.88. The lowest BCUT2D eigenvalue weighted by molar-refractivity contribution is 0.202. The Kier molecular flexibility index (Phi) is 5.37. The molecule has 3 rings (SSSR count). The van der Waals surface area contributed by atoms with Gasteiger partial charge in [0.05, 0.1) is 19.4 Å². The Morgan fingerprint density at radius 3 is 3.08 bits per heavy atom. The molecule has 0 radical (unpaired) electrons. The lowest BCUT2D eigenvalue weighted by Crippen LogP contribution is -2.29. The molecule has 3 aromatic rings. The van der Waals surface area contributed by atoms with Crippen LogP contribution in [0.5, 0.6) is 0 Å². The van der Waals surface area contributed by atoms with E-state index in [2.05, 4.69) is 25.8 Å². The summed E-state index contributed by atoms with van der Waals surface area (Å²) < 4.78 is 15.3. The van der Waals surface area contributed by atoms with Crippen LogP contribution in [-0.2, 0) is 17.7 Å². The summed E-state index contributed by atoms with van der Waals surface area (Å²) in [5.41, 5.74) is 1.02. The second kappa shape index (κ2) is 8.06. The van der Waals surface area contributed by atoms with Gasteiger partial charge in [-0.25, -0.2) is 9.78 Å². The molecule has 130 valence electrons. The highest BCUT2D eigenvalue weighted by Crippen LogP contribution is 2.16. The largest absolute Gasteiger partial charge is 0.459 e. The third kappa shape index (κ3) is 4.64. The maximum Gasteiger partial charge on any atom is 0.320 e. The van der Waals surface area contributed by atoms with Crippen molar-refractivity contribution in [3.63, 3.8) is 0 Å². The minimum atomic E-state index is -0.416. The van der Waals surface area contributed by atoms with Crippen molar-refractivity contribution in [1.82, 2.24) is 20.4 Å². The van der Waals surface area contributed by atoms with Crippen LogP contribution < -0.4 is 10.6 Å². The molecule has 2 amide bonds. The van der Waals surface area contributed by atoms with Crippen molar-refractivity contribution in [2.24, 2.45) is 0 Å². The van der Waals surface area contributed by atoms with Crippen molar-refractivity contribution < 1.29 is 18.5 Å². The van der Waals surface area contributed by atoms with E-state index in [0.717, 1.165) is 12.0 Å². The number of urea groups is 1. The first-order valence-electron chi connectivity index (χ1n) is 7.60. The SMILES string of the molecule is COCCc1ccnc(NC(=O)NCc2noc(-c3ccco3)n2)c1. The molecule has 0 saturated carbocycles. The number of amides is 2. The van der Waals surface area contributed by atoms with E-state index in [9.17, 15) is 4.79 Å². The molecule has 0 aliphatic heterocycles. The van der Waals surface area contributed by atoms with Gasteiger partial charge in [-0.3, -0.25) is 5.32 Å². The molecule has 2 N–H and O–H groups in total. The third-order valence-corrected chi connectivity index (χ3v) is 3.27. The van der Waals surface area contributed by atoms with E-state index < -0.39 is 6.03 Å². The number of furan rings is 1. The maximum absolute atomic E-state index is 12.0. The van der Waals surface area contributed by atoms with E-state index in [1.54, 1.807) is 31.5 Å². The number of nitrogens with zero attached hydrogens (tertiary/aromatic N) is 3. The average molecular weight is 343 g/mol. The van der Waals surface area contributed by atoms with E-state index in [4.69, 9.17) is 13.7 Å². The summed E-state index contributed by atoms with van der Waals surface area (Å²) in [5, 5.41) is 9.08. The number of carbonyl (C=O) groups excluding carboxylic acids is 1. The summed E-state index contributed by atoms with van der Waals surface area (Å²) in [6.45, 7) is 0.713. The highest BCUT2D eigenvalue weighted by atomic mass is 16.5. The lowest BCUT2D eigenvalue weighted by Gasteiger charge is -2.07. The van der Waals surface area contributed by atoms with Crippen molar-refractivity contribution in [3.05, 3.63) is 48.1 Å². The van der Waals surface area contributed by atoms with Gasteiger partial charge in [-0.15, -0.1) is 0 Å². The molecule has 0 atom stereocenters. The number of carbonyl (C=O) groups is 1. The smallest absolute Gasteiger partial charge is 0.320 e. The van der Waals surface area contributed by atoms with E-state index in [1.165, 1.54) is 6.26 Å². The normalized spacial score (nSPS) is 10.6. The Balaban J connectivity index is 1.51. The minimum absolute atomic E-state index is 0.111. The van der Waals surface area contributed by atoms with Crippen molar-refractivity contribution in [2.75, 3.05) is 19.0 Å². The number of anilines is 1. The molecular weight excluding hydrogens is 326 g/mol. The summed E-state index contributed by atoms with van der Waals surface area (Å²) in [7, 11) is 1.64. The van der Waals surface area contributed by atoms with Crippen molar-refractivity contribution >= 4 is 11.8 Å². The number of hydrogen-bond acceptors (Lipinski definition) is 7. The fraction of sp³-hybridized carbons (Fsp3) is 0.250. The Bertz CT molecular complexity index is 816. The number of rotatable bonds is 7. The van der Waals surface area contributed by atoms with Gasteiger partial charge in [0, 0.05) is 13.3 Å². The van der Waals surface area contributed by atoms with Gasteiger partial charge in [0.2, 0.25) is 0 Å². The number of nitrogens with one attached hydrogen (secondary N) is 2. The van der Waals surface area contributed by atoms with Crippen LogP contribution in [0.15, 0.2) is 45.7 Å². The van der Waals surface area contributed by atoms with Crippen LogP contribution in [-0.4, -0.2) is 34.9 Å². The predicted molar refractivity (Wildman–Crippen MR) is 87.7 cm³/mol. The Labute approximate surface area is 143 Å². The van der Waals surface area contributed by atoms with E-state index in [0.29, 0.717) is 24.0 Å². The van der Waals surface area contributed by atoms with Gasteiger partial charge in [0.15, 0.2) is 11.6 Å². The molecular formula is C16H17N5O4. The van der Waals surface area contributed by atoms with Crippen LogP contribution in [0.3, 0.4) is 0 Å². The van der Waals surface area contributed by atoms with Gasteiger partial charge in [-0.05, 0) is 36.2 Å². The first-order valence-corrected chi connectivity index (χ1v) is 7.60. The molecule has 0 saturated heterocycles. The fourth-order valence-electron chi connectivity index (χ4n) is 2.06. The number of hydrogen-bond donors (Lipinski definition) is 2. The zero-order valence-electron chi connectivity index (χ0n) is 13.6. The standard InChI is InChI=1S/C16H17N5O4/c1-23-8-5-11-4-6-17-13(9-11)20-16(22)18-10-14-19-15(25-21-14)12-3-2-7-24-12/h2-4,6-7,9H,5,8,10H2,1H3,(H2,17,18,20,22). The van der Waals surface area contributed by atoms with Crippen LogP contribution >= 0.6 is 0 Å². The molecule has 0 fully saturated rings. The summed E-state index contributed by atoms with van der Waals surface area (Å²) in [6.07, 6.45) is 3.89. The molecule has 0 aliphatic rings. The second-order valence-corrected chi connectivity index (χ2v) is 5.09. The summed E-state index contributed by atoms with van der Waals surface area (Å²) >= 11 is 0. The molecule has 0 bridgehead atoms. The predicted octanol–water partition coefficient (Wildman–Crippen LogP) is 2.24. The minimum Gasteiger partial charge on any atom is -0.459 e. The monoisotopic (exact) mass is 343 g/mol. The van der Waals surface area contributed by atoms with E-state index in [-0.39, 0.29) is 12.4 Å². The van der Waals surface area contributed by atoms with Crippen LogP contribution in [0.2, 0.25) is 0 Å². The Hall–Kier alpha value is -3.20. The second-order valence-electron chi connectivity index (χ2n) is 5.09. The van der Waals surface area contributed by atoms with Gasteiger partial charge in [0.25, 0.3) is 5.89 Å². The van der Waals surface area contributed by atoms with Crippen LogP contribution in [0.25, 0.3) is 11.7 Å². The van der Waals surface area contributed by atoms with Crippen LogP contribution in [0.4, 0.5) is 10.6 Å². The number of methoxy groups -OCH3 is 1. The molecule has 0 unspecified atom stereocenters. The molecule has 0 aliphatic carbocycles. The number of aromatic nitrogens is 3. The van der Waals surface area contributed by atoms with Crippen molar-refractivity contribution in [2.45, 2.75) is 13.0 Å². The molecule has 9 nitrogen and oxygen atoms in total. The van der Waals surface area contributed by atoms with Crippen LogP contribution in [0.1, 0.15) is 11.4 Å². The molecule has 25 heavy (non-hydrogen) atoms. The Morgan fingerprint density at radius 1 is 1.36 bits per heavy atom. The first kappa shape index (κ1) is 16.7. The van der Waals surface area contributed by atoms with Gasteiger partial charge >= 0.3 is 6.03 Å². The average Bonchev–Trinajstić information content (AvgIpc) is 3.29. The summed E-state index contributed by atoms with van der Waals surface area (Å²) in [6, 6.07) is 6.68. The number of ether oxygens (including phenoxy) is 1. The zero-order valence-corrected chi connectivity index (χ0v) is 13.6. The Morgan fingerprint density at radius 2 is 2.28 bits per heavy atom. The molecule has 0 aromatic carbocycles. The first-order chi connectivity index (χ1) is 12.2. The van der Waals surface area contributed by atoms with E-state index >= 15 is 0 Å². The maximum atomic E-state index is 12.0. The van der Waals surface area contributed by atoms with Gasteiger partial charge in [0.1, 0.15) is 5.82 Å². The van der Waals surface area contributed by atoms with Gasteiger partial charge in [-0.1, -0.05) is 5.16 Å². The molecule has 3 aromatic heterocycles. The zero-order chi connectivity index (χ0) is 17.5. The number of pyridine rings is 1. The molecule has 0 spiro atoms. The fourth-order valence-corrected chi connectivity index (χ4v) is 2.06. The molecule has 9 heteroatoms.